The summed E-state index contributed by atoms with van der Waals surface area (Å²) in [6.45, 7) is 2.01. The van der Waals surface area contributed by atoms with Crippen LogP contribution in [0.5, 0.6) is 0 Å². The van der Waals surface area contributed by atoms with Crippen molar-refractivity contribution in [2.75, 3.05) is 0 Å². The van der Waals surface area contributed by atoms with Crippen LogP contribution in [0.1, 0.15) is 33.4 Å². The van der Waals surface area contributed by atoms with Crippen LogP contribution in [0.2, 0.25) is 0 Å². The molecular weight excluding hydrogens is 254 g/mol. The van der Waals surface area contributed by atoms with Crippen LogP contribution in [0.4, 0.5) is 0 Å². The molecule has 2 N–H and O–H groups in total. The minimum absolute atomic E-state index is 0.0478. The Labute approximate surface area is 116 Å². The van der Waals surface area contributed by atoms with Crippen molar-refractivity contribution in [2.45, 2.75) is 25.8 Å². The lowest BCUT2D eigenvalue weighted by Crippen LogP contribution is -2.22. The Bertz CT molecular complexity index is 703. The summed E-state index contributed by atoms with van der Waals surface area (Å²) in [5, 5.41) is 0. The molecule has 1 aromatic carbocycles. The van der Waals surface area contributed by atoms with E-state index in [-0.39, 0.29) is 18.2 Å². The Morgan fingerprint density at radius 1 is 1.50 bits per heavy atom. The number of nitrogens with zero attached hydrogens (tertiary/aromatic N) is 2. The third-order valence-electron chi connectivity index (χ3n) is 3.66. The van der Waals surface area contributed by atoms with Gasteiger partial charge in [-0.15, -0.1) is 0 Å². The van der Waals surface area contributed by atoms with Gasteiger partial charge in [-0.05, 0) is 12.5 Å². The molecule has 1 aliphatic carbocycles. The Morgan fingerprint density at radius 3 is 3.05 bits per heavy atom. The number of hydrogen-bond acceptors (Lipinski definition) is 3. The summed E-state index contributed by atoms with van der Waals surface area (Å²) in [5.41, 5.74) is 8.17. The first-order chi connectivity index (χ1) is 9.56. The van der Waals surface area contributed by atoms with Crippen LogP contribution < -0.4 is 5.73 Å². The maximum absolute atomic E-state index is 12.5. The Balaban J connectivity index is 1.96. The molecule has 0 saturated heterocycles. The summed E-state index contributed by atoms with van der Waals surface area (Å²) < 4.78 is 1.77. The van der Waals surface area contributed by atoms with Crippen molar-refractivity contribution in [2.24, 2.45) is 5.73 Å². The van der Waals surface area contributed by atoms with Crippen LogP contribution in [0.3, 0.4) is 0 Å². The minimum atomic E-state index is -0.448. The third-order valence-corrected chi connectivity index (χ3v) is 3.66. The monoisotopic (exact) mass is 269 g/mol. The molecule has 0 saturated carbocycles. The molecule has 2 aromatic rings. The van der Waals surface area contributed by atoms with Gasteiger partial charge in [0.2, 0.25) is 5.91 Å². The number of primary amides is 1. The number of aromatic nitrogens is 2. The lowest BCUT2D eigenvalue weighted by molar-refractivity contribution is -0.117. The molecule has 5 nitrogen and oxygen atoms in total. The quantitative estimate of drug-likeness (QED) is 0.909. The molecule has 5 heteroatoms. The summed E-state index contributed by atoms with van der Waals surface area (Å²) in [7, 11) is 0. The molecule has 20 heavy (non-hydrogen) atoms. The first kappa shape index (κ1) is 12.6. The third kappa shape index (κ3) is 2.01. The lowest BCUT2D eigenvalue weighted by atomic mass is 10.1. The van der Waals surface area contributed by atoms with Gasteiger partial charge >= 0.3 is 0 Å². The van der Waals surface area contributed by atoms with Crippen molar-refractivity contribution < 1.29 is 9.59 Å². The Morgan fingerprint density at radius 2 is 2.30 bits per heavy atom. The zero-order valence-corrected chi connectivity index (χ0v) is 11.2. The zero-order valence-electron chi connectivity index (χ0n) is 11.2. The number of aryl methyl sites for hydroxylation is 1. The largest absolute Gasteiger partial charge is 0.369 e. The normalized spacial score (nSPS) is 17.2. The highest BCUT2D eigenvalue weighted by Gasteiger charge is 2.32. The average Bonchev–Trinajstić information content (AvgIpc) is 2.93. The molecule has 102 valence electrons. The molecule has 0 radical (unpaired) electrons. The van der Waals surface area contributed by atoms with E-state index in [4.69, 9.17) is 5.73 Å². The number of benzene rings is 1. The van der Waals surface area contributed by atoms with E-state index in [2.05, 4.69) is 4.98 Å². The van der Waals surface area contributed by atoms with Crippen molar-refractivity contribution in [1.29, 1.82) is 0 Å². The fourth-order valence-electron chi connectivity index (χ4n) is 2.76. The SMILES string of the molecule is Cc1ccc2c(c1)CC(n1ccnc1CC(N)=O)C2=O. The first-order valence-corrected chi connectivity index (χ1v) is 6.50. The summed E-state index contributed by atoms with van der Waals surface area (Å²) in [5.74, 6) is 0.167. The molecule has 0 spiro atoms. The van der Waals surface area contributed by atoms with Crippen LogP contribution in [0, 0.1) is 6.92 Å². The van der Waals surface area contributed by atoms with E-state index in [0.29, 0.717) is 12.2 Å². The summed E-state index contributed by atoms with van der Waals surface area (Å²) in [4.78, 5) is 27.7. The number of fused-ring (bicyclic) bond motifs is 1. The summed E-state index contributed by atoms with van der Waals surface area (Å²) >= 11 is 0. The second kappa shape index (κ2) is 4.59. The van der Waals surface area contributed by atoms with Gasteiger partial charge in [0.25, 0.3) is 0 Å². The number of rotatable bonds is 3. The van der Waals surface area contributed by atoms with E-state index < -0.39 is 5.91 Å². The van der Waals surface area contributed by atoms with E-state index >= 15 is 0 Å². The molecule has 1 atom stereocenters. The molecule has 1 aromatic heterocycles. The van der Waals surface area contributed by atoms with Gasteiger partial charge < -0.3 is 10.3 Å². The van der Waals surface area contributed by atoms with Gasteiger partial charge in [-0.2, -0.15) is 0 Å². The summed E-state index contributed by atoms with van der Waals surface area (Å²) in [6, 6.07) is 5.54. The standard InChI is InChI=1S/C15H15N3O2/c1-9-2-3-11-10(6-9)7-12(15(11)20)18-5-4-17-14(18)8-13(16)19/h2-6,12H,7-8H2,1H3,(H2,16,19). The minimum Gasteiger partial charge on any atom is -0.369 e. The number of hydrogen-bond donors (Lipinski definition) is 1. The molecular formula is C15H15N3O2. The van der Waals surface area contributed by atoms with E-state index in [1.165, 1.54) is 0 Å². The van der Waals surface area contributed by atoms with Gasteiger partial charge in [-0.3, -0.25) is 9.59 Å². The highest BCUT2D eigenvalue weighted by Crippen LogP contribution is 2.31. The molecule has 1 amide bonds. The van der Waals surface area contributed by atoms with Crippen molar-refractivity contribution in [3.8, 4) is 0 Å². The molecule has 0 fully saturated rings. The number of carbonyl (C=O) groups is 2. The number of Topliss-reactive ketones (excluding diaryl/α,β-unsaturated/α-hetero) is 1. The number of nitrogens with two attached hydrogens (primary N) is 1. The number of amides is 1. The van der Waals surface area contributed by atoms with E-state index in [1.54, 1.807) is 17.0 Å². The maximum atomic E-state index is 12.5. The predicted molar refractivity (Wildman–Crippen MR) is 73.4 cm³/mol. The smallest absolute Gasteiger partial charge is 0.225 e. The lowest BCUT2D eigenvalue weighted by Gasteiger charge is -2.13. The first-order valence-electron chi connectivity index (χ1n) is 6.50. The van der Waals surface area contributed by atoms with Crippen LogP contribution in [-0.2, 0) is 17.6 Å². The van der Waals surface area contributed by atoms with Gasteiger partial charge in [-0.1, -0.05) is 23.8 Å². The predicted octanol–water partition coefficient (Wildman–Crippen LogP) is 1.20. The fourth-order valence-corrected chi connectivity index (χ4v) is 2.76. The van der Waals surface area contributed by atoms with E-state index in [1.807, 2.05) is 25.1 Å². The highest BCUT2D eigenvalue weighted by atomic mass is 16.1. The molecule has 0 bridgehead atoms. The highest BCUT2D eigenvalue weighted by molar-refractivity contribution is 6.03. The average molecular weight is 269 g/mol. The molecule has 1 unspecified atom stereocenters. The van der Waals surface area contributed by atoms with Gasteiger partial charge in [-0.25, -0.2) is 4.98 Å². The van der Waals surface area contributed by atoms with Gasteiger partial charge in [0.15, 0.2) is 5.78 Å². The zero-order chi connectivity index (χ0) is 14.3. The molecule has 3 rings (SSSR count). The number of imidazole rings is 1. The molecule has 1 aliphatic rings. The topological polar surface area (TPSA) is 78.0 Å². The fraction of sp³-hybridized carbons (Fsp3) is 0.267. The van der Waals surface area contributed by atoms with Gasteiger partial charge in [0.1, 0.15) is 11.9 Å². The van der Waals surface area contributed by atoms with Crippen molar-refractivity contribution >= 4 is 11.7 Å². The molecule has 0 aliphatic heterocycles. The van der Waals surface area contributed by atoms with E-state index in [9.17, 15) is 9.59 Å². The Kier molecular flexibility index (Phi) is 2.89. The van der Waals surface area contributed by atoms with Crippen LogP contribution in [0.25, 0.3) is 0 Å². The number of carbonyl (C=O) groups excluding carboxylic acids is 2. The Hall–Kier alpha value is -2.43. The second-order valence-corrected chi connectivity index (χ2v) is 5.14. The van der Waals surface area contributed by atoms with Crippen LogP contribution in [-0.4, -0.2) is 21.2 Å². The number of ketones is 1. The van der Waals surface area contributed by atoms with Crippen molar-refractivity contribution in [3.05, 3.63) is 53.1 Å². The van der Waals surface area contributed by atoms with Gasteiger partial charge in [0, 0.05) is 24.4 Å². The maximum Gasteiger partial charge on any atom is 0.225 e. The van der Waals surface area contributed by atoms with Crippen LogP contribution >= 0.6 is 0 Å². The van der Waals surface area contributed by atoms with Gasteiger partial charge in [0.05, 0.1) is 6.42 Å². The molecule has 1 heterocycles. The second-order valence-electron chi connectivity index (χ2n) is 5.14. The van der Waals surface area contributed by atoms with Crippen LogP contribution in [0.15, 0.2) is 30.6 Å². The van der Waals surface area contributed by atoms with Crippen molar-refractivity contribution in [3.63, 3.8) is 0 Å². The van der Waals surface area contributed by atoms with Crippen molar-refractivity contribution in [1.82, 2.24) is 9.55 Å². The van der Waals surface area contributed by atoms with E-state index in [0.717, 1.165) is 16.7 Å². The summed E-state index contributed by atoms with van der Waals surface area (Å²) in [6.07, 6.45) is 4.02.